The summed E-state index contributed by atoms with van der Waals surface area (Å²) in [5.74, 6) is -1.92. The lowest BCUT2D eigenvalue weighted by atomic mass is 10.1. The molecule has 0 aromatic rings. The van der Waals surface area contributed by atoms with Crippen LogP contribution in [0.1, 0.15) is 41.5 Å². The van der Waals surface area contributed by atoms with Gasteiger partial charge in [-0.05, 0) is 13.8 Å². The smallest absolute Gasteiger partial charge is 0.303 e. The summed E-state index contributed by atoms with van der Waals surface area (Å²) in [6, 6.07) is -0.343. The van der Waals surface area contributed by atoms with E-state index in [1.165, 1.54) is 27.7 Å². The molecule has 0 aliphatic rings. The predicted octanol–water partition coefficient (Wildman–Crippen LogP) is 0.343. The maximum Gasteiger partial charge on any atom is 0.303 e. The van der Waals surface area contributed by atoms with E-state index < -0.39 is 36.2 Å². The maximum absolute atomic E-state index is 11.3. The minimum Gasteiger partial charge on any atom is -0.463 e. The third-order valence-electron chi connectivity index (χ3n) is 3.16. The van der Waals surface area contributed by atoms with Crippen LogP contribution in [-0.4, -0.2) is 61.4 Å². The Balaban J connectivity index is 5.14. The van der Waals surface area contributed by atoms with Crippen molar-refractivity contribution in [2.45, 2.75) is 65.9 Å². The molecule has 0 radical (unpaired) electrons. The number of hydrogen-bond acceptors (Lipinski definition) is 8. The molecular weight excluding hydrogens is 334 g/mol. The van der Waals surface area contributed by atoms with Gasteiger partial charge in [0.1, 0.15) is 19.3 Å². The topological polar surface area (TPSA) is 117 Å². The second-order valence-corrected chi connectivity index (χ2v) is 5.62. The molecule has 0 aromatic carbocycles. The van der Waals surface area contributed by atoms with Crippen molar-refractivity contribution in [2.24, 2.45) is 0 Å². The molecule has 0 heterocycles. The normalized spacial score (nSPS) is 15.3. The monoisotopic (exact) mass is 361 g/mol. The van der Waals surface area contributed by atoms with Crippen LogP contribution in [0.4, 0.5) is 0 Å². The quantitative estimate of drug-likeness (QED) is 0.437. The van der Waals surface area contributed by atoms with Crippen molar-refractivity contribution in [3.8, 4) is 0 Å². The van der Waals surface area contributed by atoms with Gasteiger partial charge in [0.15, 0.2) is 6.10 Å². The standard InChI is InChI=1S/C16H27NO8/c1-9(17-11(3)18)10(2)24-15(7-22-12(4)19)16(25-14(6)21)8-23-13(5)20/h9-10,15-16H,7-8H2,1-6H3,(H,17,18)/t9-,10+,15?,16+/m0/s1. The molecule has 1 unspecified atom stereocenters. The summed E-state index contributed by atoms with van der Waals surface area (Å²) in [4.78, 5) is 44.6. The van der Waals surface area contributed by atoms with Crippen molar-refractivity contribution < 1.29 is 38.1 Å². The van der Waals surface area contributed by atoms with Crippen molar-refractivity contribution in [1.82, 2.24) is 5.32 Å². The number of carbonyl (C=O) groups excluding carboxylic acids is 4. The van der Waals surface area contributed by atoms with E-state index in [0.717, 1.165) is 0 Å². The molecule has 0 fully saturated rings. The van der Waals surface area contributed by atoms with Gasteiger partial charge in [0.2, 0.25) is 5.91 Å². The van der Waals surface area contributed by atoms with Crippen LogP contribution in [0.15, 0.2) is 0 Å². The molecule has 0 aliphatic carbocycles. The molecule has 25 heavy (non-hydrogen) atoms. The molecule has 1 N–H and O–H groups in total. The average Bonchev–Trinajstić information content (AvgIpc) is 2.46. The molecular formula is C16H27NO8. The van der Waals surface area contributed by atoms with Crippen LogP contribution in [0, 0.1) is 0 Å². The number of carbonyl (C=O) groups is 4. The van der Waals surface area contributed by atoms with Gasteiger partial charge in [-0.15, -0.1) is 0 Å². The molecule has 0 spiro atoms. The summed E-state index contributed by atoms with van der Waals surface area (Å²) < 4.78 is 20.8. The highest BCUT2D eigenvalue weighted by atomic mass is 16.6. The van der Waals surface area contributed by atoms with E-state index in [-0.39, 0.29) is 25.2 Å². The van der Waals surface area contributed by atoms with Gasteiger partial charge in [0.25, 0.3) is 0 Å². The lowest BCUT2D eigenvalue weighted by Crippen LogP contribution is -2.47. The Kier molecular flexibility index (Phi) is 10.4. The molecule has 9 nitrogen and oxygen atoms in total. The number of nitrogens with one attached hydrogen (secondary N) is 1. The second-order valence-electron chi connectivity index (χ2n) is 5.62. The zero-order chi connectivity index (χ0) is 19.6. The van der Waals surface area contributed by atoms with Gasteiger partial charge < -0.3 is 24.3 Å². The Morgan fingerprint density at radius 2 is 1.28 bits per heavy atom. The zero-order valence-electron chi connectivity index (χ0n) is 15.5. The number of amides is 1. The zero-order valence-corrected chi connectivity index (χ0v) is 15.5. The fraction of sp³-hybridized carbons (Fsp3) is 0.750. The Bertz CT molecular complexity index is 479. The van der Waals surface area contributed by atoms with E-state index in [1.54, 1.807) is 13.8 Å². The Hall–Kier alpha value is -2.16. The van der Waals surface area contributed by atoms with E-state index in [2.05, 4.69) is 5.32 Å². The van der Waals surface area contributed by atoms with Crippen molar-refractivity contribution in [2.75, 3.05) is 13.2 Å². The van der Waals surface area contributed by atoms with Gasteiger partial charge in [-0.25, -0.2) is 0 Å². The SMILES string of the molecule is CC(=O)N[C@@H](C)[C@@H](C)OC(COC(C)=O)[C@@H](COC(C)=O)OC(C)=O. The van der Waals surface area contributed by atoms with E-state index in [0.29, 0.717) is 0 Å². The van der Waals surface area contributed by atoms with E-state index >= 15 is 0 Å². The molecule has 0 aromatic heterocycles. The highest BCUT2D eigenvalue weighted by Crippen LogP contribution is 2.12. The first-order valence-electron chi connectivity index (χ1n) is 7.89. The fourth-order valence-electron chi connectivity index (χ4n) is 1.90. The Morgan fingerprint density at radius 3 is 1.68 bits per heavy atom. The van der Waals surface area contributed by atoms with Crippen LogP contribution in [0.25, 0.3) is 0 Å². The molecule has 9 heteroatoms. The van der Waals surface area contributed by atoms with Crippen LogP contribution < -0.4 is 5.32 Å². The van der Waals surface area contributed by atoms with Gasteiger partial charge in [0.05, 0.1) is 12.1 Å². The lowest BCUT2D eigenvalue weighted by Gasteiger charge is -2.31. The Morgan fingerprint density at radius 1 is 0.800 bits per heavy atom. The number of rotatable bonds is 10. The molecule has 0 bridgehead atoms. The highest BCUT2D eigenvalue weighted by molar-refractivity contribution is 5.73. The number of hydrogen-bond donors (Lipinski definition) is 1. The summed E-state index contributed by atoms with van der Waals surface area (Å²) in [5, 5.41) is 2.68. The first-order valence-corrected chi connectivity index (χ1v) is 7.89. The van der Waals surface area contributed by atoms with Gasteiger partial charge in [-0.3, -0.25) is 19.2 Å². The summed E-state index contributed by atoms with van der Waals surface area (Å²) in [7, 11) is 0. The molecule has 0 saturated heterocycles. The van der Waals surface area contributed by atoms with Gasteiger partial charge >= 0.3 is 17.9 Å². The molecule has 4 atom stereocenters. The van der Waals surface area contributed by atoms with Gasteiger partial charge in [0, 0.05) is 27.7 Å². The van der Waals surface area contributed by atoms with E-state index in [9.17, 15) is 19.2 Å². The van der Waals surface area contributed by atoms with Crippen molar-refractivity contribution >= 4 is 23.8 Å². The summed E-state index contributed by atoms with van der Waals surface area (Å²) >= 11 is 0. The summed E-state index contributed by atoms with van der Waals surface area (Å²) in [6.45, 7) is 8.02. The maximum atomic E-state index is 11.3. The second kappa shape index (κ2) is 11.4. The van der Waals surface area contributed by atoms with Crippen molar-refractivity contribution in [3.05, 3.63) is 0 Å². The number of esters is 3. The summed E-state index contributed by atoms with van der Waals surface area (Å²) in [6.07, 6.45) is -2.33. The first kappa shape index (κ1) is 22.8. The molecule has 144 valence electrons. The summed E-state index contributed by atoms with van der Waals surface area (Å²) in [5.41, 5.74) is 0. The third-order valence-corrected chi connectivity index (χ3v) is 3.16. The minimum atomic E-state index is -0.965. The van der Waals surface area contributed by atoms with E-state index in [1.807, 2.05) is 0 Å². The first-order chi connectivity index (χ1) is 11.5. The molecule has 1 amide bonds. The third kappa shape index (κ3) is 11.1. The van der Waals surface area contributed by atoms with Crippen molar-refractivity contribution in [1.29, 1.82) is 0 Å². The Labute approximate surface area is 147 Å². The predicted molar refractivity (Wildman–Crippen MR) is 86.4 cm³/mol. The molecule has 0 aliphatic heterocycles. The fourth-order valence-corrected chi connectivity index (χ4v) is 1.90. The van der Waals surface area contributed by atoms with E-state index in [4.69, 9.17) is 18.9 Å². The van der Waals surface area contributed by atoms with Gasteiger partial charge in [-0.1, -0.05) is 0 Å². The highest BCUT2D eigenvalue weighted by Gasteiger charge is 2.31. The molecule has 0 rings (SSSR count). The minimum absolute atomic E-state index is 0.203. The molecule has 0 saturated carbocycles. The average molecular weight is 361 g/mol. The number of ether oxygens (including phenoxy) is 4. The van der Waals surface area contributed by atoms with Crippen LogP contribution in [0.5, 0.6) is 0 Å². The van der Waals surface area contributed by atoms with Crippen molar-refractivity contribution in [3.63, 3.8) is 0 Å². The van der Waals surface area contributed by atoms with Crippen LogP contribution >= 0.6 is 0 Å². The lowest BCUT2D eigenvalue weighted by molar-refractivity contribution is -0.178. The largest absolute Gasteiger partial charge is 0.463 e. The van der Waals surface area contributed by atoms with Gasteiger partial charge in [-0.2, -0.15) is 0 Å². The van der Waals surface area contributed by atoms with Crippen LogP contribution in [-0.2, 0) is 38.1 Å². The van der Waals surface area contributed by atoms with Crippen LogP contribution in [0.3, 0.4) is 0 Å². The van der Waals surface area contributed by atoms with Crippen LogP contribution in [0.2, 0.25) is 0 Å².